The summed E-state index contributed by atoms with van der Waals surface area (Å²) in [5.74, 6) is -2.25. The summed E-state index contributed by atoms with van der Waals surface area (Å²) in [5, 5.41) is 34.7. The summed E-state index contributed by atoms with van der Waals surface area (Å²) in [4.78, 5) is 30.0. The monoisotopic (exact) mass is 553 g/mol. The van der Waals surface area contributed by atoms with Crippen molar-refractivity contribution in [1.82, 2.24) is 4.98 Å². The molecule has 0 fully saturated rings. The van der Waals surface area contributed by atoms with Gasteiger partial charge in [0.15, 0.2) is 5.78 Å². The Hall–Kier alpha value is -2.03. The van der Waals surface area contributed by atoms with Gasteiger partial charge in [-0.25, -0.2) is 4.98 Å². The molecule has 3 N–H and O–H groups in total. The molecule has 38 heavy (non-hydrogen) atoms. The second-order valence-electron chi connectivity index (χ2n) is 9.71. The fourth-order valence-corrected chi connectivity index (χ4v) is 4.79. The molecule has 6 atom stereocenters. The van der Waals surface area contributed by atoms with E-state index in [1.165, 1.54) is 11.3 Å². The van der Waals surface area contributed by atoms with Crippen LogP contribution in [0.2, 0.25) is 0 Å². The Morgan fingerprint density at radius 2 is 1.66 bits per heavy atom. The van der Waals surface area contributed by atoms with Crippen LogP contribution >= 0.6 is 11.3 Å². The molecule has 0 spiro atoms. The lowest BCUT2D eigenvalue weighted by atomic mass is 9.87. The number of allylic oxidation sites excluding steroid dienone is 2. The number of ether oxygens (including phenoxy) is 1. The summed E-state index contributed by atoms with van der Waals surface area (Å²) in [6, 6.07) is 0. The molecule has 1 aromatic rings. The molecule has 8 heteroatoms. The summed E-state index contributed by atoms with van der Waals surface area (Å²) < 4.78 is 5.75. The van der Waals surface area contributed by atoms with Crippen LogP contribution in [0.1, 0.15) is 105 Å². The van der Waals surface area contributed by atoms with E-state index < -0.39 is 36.0 Å². The first-order valence-corrected chi connectivity index (χ1v) is 14.9. The molecule has 0 aromatic carbocycles. The standard InChI is InChI=1S/C26H39NO6S.2C2H6/c1-14-8-7-9-21(28)15(2)11-23(16(3)10-20-13-34-19(6)27-20)33-24(30)12-22(29)17(4)26(32)18(5)25(14)31;2*1-2/h10,13-15,17,21-23,28-29,31H,7-9,11-12H2,1-6H3;2*1-2H3/b16-10+,25-18+;;/t14?,15?,17?,21?,22?,23-;;/m0../s1. The molecule has 2 rings (SSSR count). The van der Waals surface area contributed by atoms with Crippen LogP contribution in [0.3, 0.4) is 0 Å². The summed E-state index contributed by atoms with van der Waals surface area (Å²) in [7, 11) is 0. The normalized spacial score (nSPS) is 30.4. The van der Waals surface area contributed by atoms with Gasteiger partial charge in [0, 0.05) is 22.8 Å². The number of aryl methyl sites for hydroxylation is 1. The van der Waals surface area contributed by atoms with Crippen LogP contribution in [-0.2, 0) is 14.3 Å². The molecule has 5 unspecified atom stereocenters. The second-order valence-corrected chi connectivity index (χ2v) is 10.8. The lowest BCUT2D eigenvalue weighted by molar-refractivity contribution is -0.151. The molecular weight excluding hydrogens is 502 g/mol. The van der Waals surface area contributed by atoms with E-state index in [-0.39, 0.29) is 29.6 Å². The molecule has 0 radical (unpaired) electrons. The molecule has 7 nitrogen and oxygen atoms in total. The van der Waals surface area contributed by atoms with Crippen molar-refractivity contribution in [3.8, 4) is 0 Å². The van der Waals surface area contributed by atoms with E-state index in [4.69, 9.17) is 4.74 Å². The Kier molecular flexibility index (Phi) is 17.3. The first-order chi connectivity index (χ1) is 17.9. The van der Waals surface area contributed by atoms with Crippen molar-refractivity contribution in [2.24, 2.45) is 17.8 Å². The predicted molar refractivity (Wildman–Crippen MR) is 156 cm³/mol. The number of thiazole rings is 1. The van der Waals surface area contributed by atoms with Gasteiger partial charge in [0.05, 0.1) is 29.3 Å². The van der Waals surface area contributed by atoms with E-state index in [0.29, 0.717) is 25.7 Å². The number of cyclic esters (lactones) is 1. The lowest BCUT2D eigenvalue weighted by Crippen LogP contribution is -2.32. The smallest absolute Gasteiger partial charge is 0.309 e. The Morgan fingerprint density at radius 1 is 1.05 bits per heavy atom. The van der Waals surface area contributed by atoms with Crippen LogP contribution in [0.5, 0.6) is 0 Å². The van der Waals surface area contributed by atoms with E-state index in [1.54, 1.807) is 13.8 Å². The molecule has 0 bridgehead atoms. The number of hydrogen-bond acceptors (Lipinski definition) is 8. The fraction of sp³-hybridized carbons (Fsp3) is 0.700. The number of carbonyl (C=O) groups excluding carboxylic acids is 2. The maximum absolute atomic E-state index is 12.8. The molecule has 0 amide bonds. The van der Waals surface area contributed by atoms with Gasteiger partial charge in [0.2, 0.25) is 0 Å². The van der Waals surface area contributed by atoms with Gasteiger partial charge in [-0.1, -0.05) is 54.9 Å². The topological polar surface area (TPSA) is 117 Å². The molecular formula is C30H51NO6S. The molecule has 1 aromatic heterocycles. The highest BCUT2D eigenvalue weighted by molar-refractivity contribution is 7.09. The average molecular weight is 554 g/mol. The SMILES string of the molecule is C/C(=C\c1csc(C)n1)[C@@H]1CC(C)C(O)CCCC(C)/C(O)=C(/C)C(=O)C(C)C(O)CC(=O)O1.CC.CC. The van der Waals surface area contributed by atoms with Crippen molar-refractivity contribution in [1.29, 1.82) is 0 Å². The third-order valence-electron chi connectivity index (χ3n) is 6.76. The van der Waals surface area contributed by atoms with Crippen molar-refractivity contribution >= 4 is 29.2 Å². The summed E-state index contributed by atoms with van der Waals surface area (Å²) >= 11 is 1.53. The number of aliphatic hydroxyl groups excluding tert-OH is 3. The molecule has 2 heterocycles. The van der Waals surface area contributed by atoms with Crippen LogP contribution < -0.4 is 0 Å². The number of hydrogen-bond donors (Lipinski definition) is 3. The van der Waals surface area contributed by atoms with Crippen LogP contribution in [0, 0.1) is 24.7 Å². The molecule has 0 saturated heterocycles. The molecule has 218 valence electrons. The number of ketones is 1. The van der Waals surface area contributed by atoms with Crippen molar-refractivity contribution in [2.75, 3.05) is 0 Å². The number of rotatable bonds is 2. The maximum Gasteiger partial charge on any atom is 0.309 e. The zero-order chi connectivity index (χ0) is 29.6. The third-order valence-corrected chi connectivity index (χ3v) is 7.55. The quantitative estimate of drug-likeness (QED) is 0.344. The van der Waals surface area contributed by atoms with Gasteiger partial charge in [-0.2, -0.15) is 0 Å². The van der Waals surface area contributed by atoms with Crippen molar-refractivity contribution < 1.29 is 29.6 Å². The average Bonchev–Trinajstić information content (AvgIpc) is 3.31. The number of Topliss-reactive ketones (excluding diaryl/α,β-unsaturated/α-hetero) is 1. The first-order valence-electron chi connectivity index (χ1n) is 14.0. The van der Waals surface area contributed by atoms with Crippen LogP contribution in [0.25, 0.3) is 6.08 Å². The van der Waals surface area contributed by atoms with Gasteiger partial charge in [-0.3, -0.25) is 9.59 Å². The minimum absolute atomic E-state index is 0.000591. The third kappa shape index (κ3) is 11.4. The van der Waals surface area contributed by atoms with Gasteiger partial charge in [0.25, 0.3) is 0 Å². The van der Waals surface area contributed by atoms with Crippen molar-refractivity contribution in [3.63, 3.8) is 0 Å². The molecule has 1 aliphatic heterocycles. The van der Waals surface area contributed by atoms with Crippen molar-refractivity contribution in [3.05, 3.63) is 33.0 Å². The van der Waals surface area contributed by atoms with E-state index >= 15 is 0 Å². The zero-order valence-electron chi connectivity index (χ0n) is 25.1. The van der Waals surface area contributed by atoms with E-state index in [9.17, 15) is 24.9 Å². The predicted octanol–water partition coefficient (Wildman–Crippen LogP) is 6.81. The number of nitrogens with zero attached hydrogens (tertiary/aromatic N) is 1. The number of esters is 1. The highest BCUT2D eigenvalue weighted by atomic mass is 32.1. The highest BCUT2D eigenvalue weighted by Gasteiger charge is 2.30. The van der Waals surface area contributed by atoms with Crippen LogP contribution in [0.4, 0.5) is 0 Å². The van der Waals surface area contributed by atoms with Gasteiger partial charge >= 0.3 is 5.97 Å². The fourth-order valence-electron chi connectivity index (χ4n) is 4.22. The van der Waals surface area contributed by atoms with Crippen LogP contribution in [-0.4, -0.2) is 50.4 Å². The largest absolute Gasteiger partial charge is 0.512 e. The number of aromatic nitrogens is 1. The van der Waals surface area contributed by atoms with Gasteiger partial charge in [0.1, 0.15) is 11.9 Å². The summed E-state index contributed by atoms with van der Waals surface area (Å²) in [6.07, 6.45) is 1.36. The molecule has 0 saturated carbocycles. The Bertz CT molecular complexity index is 922. The van der Waals surface area contributed by atoms with E-state index in [0.717, 1.165) is 16.3 Å². The summed E-state index contributed by atoms with van der Waals surface area (Å²) in [6.45, 7) is 18.6. The van der Waals surface area contributed by atoms with Gasteiger partial charge in [-0.15, -0.1) is 11.3 Å². The highest BCUT2D eigenvalue weighted by Crippen LogP contribution is 2.27. The first kappa shape index (κ1) is 36.0. The van der Waals surface area contributed by atoms with Gasteiger partial charge in [-0.05, 0) is 57.6 Å². The molecule has 0 aliphatic carbocycles. The van der Waals surface area contributed by atoms with Crippen LogP contribution in [0.15, 0.2) is 22.3 Å². The van der Waals surface area contributed by atoms with E-state index in [2.05, 4.69) is 4.98 Å². The maximum atomic E-state index is 12.8. The lowest BCUT2D eigenvalue weighted by Gasteiger charge is -2.27. The zero-order valence-corrected chi connectivity index (χ0v) is 25.9. The minimum atomic E-state index is -1.24. The van der Waals surface area contributed by atoms with Gasteiger partial charge < -0.3 is 20.1 Å². The summed E-state index contributed by atoms with van der Waals surface area (Å²) in [5.41, 5.74) is 1.78. The number of aliphatic hydroxyl groups is 3. The van der Waals surface area contributed by atoms with Crippen molar-refractivity contribution in [2.45, 2.75) is 120 Å². The second kappa shape index (κ2) is 18.3. The molecule has 1 aliphatic rings. The Balaban J connectivity index is 0.00000326. The minimum Gasteiger partial charge on any atom is -0.512 e. The number of carbonyl (C=O) groups is 2. The Labute approximate surface area is 234 Å². The van der Waals surface area contributed by atoms with E-state index in [1.807, 2.05) is 66.8 Å². The Morgan fingerprint density at radius 3 is 2.21 bits per heavy atom.